The van der Waals surface area contributed by atoms with Gasteiger partial charge in [-0.05, 0) is 42.8 Å². The monoisotopic (exact) mass is 360 g/mol. The molecular weight excluding hydrogens is 338 g/mol. The molecular formula is C20H22F2N2O2. The van der Waals surface area contributed by atoms with Crippen LogP contribution >= 0.6 is 0 Å². The van der Waals surface area contributed by atoms with E-state index in [1.54, 1.807) is 52.0 Å². The zero-order chi connectivity index (χ0) is 19.5. The smallest absolute Gasteiger partial charge is 0.251 e. The van der Waals surface area contributed by atoms with Gasteiger partial charge in [0, 0.05) is 16.7 Å². The molecule has 6 heteroatoms. The average molecular weight is 360 g/mol. The summed E-state index contributed by atoms with van der Waals surface area (Å²) in [5.41, 5.74) is 0.762. The Kier molecular flexibility index (Phi) is 5.75. The third kappa shape index (κ3) is 4.88. The third-order valence-electron chi connectivity index (χ3n) is 3.86. The molecule has 1 atom stereocenters. The highest BCUT2D eigenvalue weighted by Gasteiger charge is 2.21. The van der Waals surface area contributed by atoms with Crippen LogP contribution in [0.1, 0.15) is 49.7 Å². The summed E-state index contributed by atoms with van der Waals surface area (Å²) in [6.07, 6.45) is 0. The van der Waals surface area contributed by atoms with E-state index < -0.39 is 23.1 Å². The molecule has 0 aliphatic rings. The average Bonchev–Trinajstić information content (AvgIpc) is 2.56. The van der Waals surface area contributed by atoms with Crippen LogP contribution in [-0.4, -0.2) is 11.8 Å². The Morgan fingerprint density at radius 3 is 2.31 bits per heavy atom. The lowest BCUT2D eigenvalue weighted by atomic mass is 9.95. The highest BCUT2D eigenvalue weighted by Crippen LogP contribution is 2.20. The number of nitrogens with one attached hydrogen (secondary N) is 2. The number of benzene rings is 2. The summed E-state index contributed by atoms with van der Waals surface area (Å²) in [4.78, 5) is 24.5. The second-order valence-corrected chi connectivity index (χ2v) is 7.15. The van der Waals surface area contributed by atoms with Crippen molar-refractivity contribution in [2.45, 2.75) is 33.7 Å². The van der Waals surface area contributed by atoms with Crippen molar-refractivity contribution >= 4 is 17.5 Å². The van der Waals surface area contributed by atoms with Crippen molar-refractivity contribution in [1.29, 1.82) is 0 Å². The molecule has 138 valence electrons. The number of carbonyl (C=O) groups excluding carboxylic acids is 2. The molecule has 0 saturated carbocycles. The predicted molar refractivity (Wildman–Crippen MR) is 96.8 cm³/mol. The Labute approximate surface area is 151 Å². The maximum atomic E-state index is 13.3. The number of carbonyl (C=O) groups is 2. The number of rotatable bonds is 4. The first-order valence-electron chi connectivity index (χ1n) is 8.25. The van der Waals surface area contributed by atoms with Crippen molar-refractivity contribution in [3.05, 3.63) is 65.2 Å². The number of amides is 2. The third-order valence-corrected chi connectivity index (χ3v) is 3.86. The Bertz CT molecular complexity index is 829. The van der Waals surface area contributed by atoms with Crippen molar-refractivity contribution in [2.24, 2.45) is 5.41 Å². The van der Waals surface area contributed by atoms with Gasteiger partial charge >= 0.3 is 0 Å². The molecule has 0 fully saturated rings. The van der Waals surface area contributed by atoms with Crippen LogP contribution in [-0.2, 0) is 4.79 Å². The van der Waals surface area contributed by atoms with E-state index in [1.807, 2.05) is 0 Å². The zero-order valence-electron chi connectivity index (χ0n) is 15.2. The lowest BCUT2D eigenvalue weighted by Crippen LogP contribution is -2.28. The second-order valence-electron chi connectivity index (χ2n) is 7.15. The topological polar surface area (TPSA) is 58.2 Å². The van der Waals surface area contributed by atoms with Gasteiger partial charge in [-0.25, -0.2) is 8.78 Å². The number of hydrogen-bond donors (Lipinski definition) is 2. The van der Waals surface area contributed by atoms with E-state index >= 15 is 0 Å². The maximum Gasteiger partial charge on any atom is 0.251 e. The molecule has 0 saturated heterocycles. The lowest BCUT2D eigenvalue weighted by Gasteiger charge is -2.18. The van der Waals surface area contributed by atoms with Crippen LogP contribution in [0.5, 0.6) is 0 Å². The molecule has 0 spiro atoms. The van der Waals surface area contributed by atoms with Crippen LogP contribution in [0.25, 0.3) is 0 Å². The van der Waals surface area contributed by atoms with Gasteiger partial charge in [-0.15, -0.1) is 0 Å². The molecule has 2 N–H and O–H groups in total. The van der Waals surface area contributed by atoms with Gasteiger partial charge in [0.2, 0.25) is 5.91 Å². The van der Waals surface area contributed by atoms with E-state index in [0.29, 0.717) is 16.8 Å². The first kappa shape index (κ1) is 19.6. The first-order valence-corrected chi connectivity index (χ1v) is 8.25. The molecule has 2 rings (SSSR count). The molecule has 2 aromatic carbocycles. The summed E-state index contributed by atoms with van der Waals surface area (Å²) in [5.74, 6) is -2.44. The minimum absolute atomic E-state index is 0.162. The van der Waals surface area contributed by atoms with E-state index in [9.17, 15) is 18.4 Å². The highest BCUT2D eigenvalue weighted by atomic mass is 19.2. The molecule has 2 aromatic rings. The summed E-state index contributed by atoms with van der Waals surface area (Å²) in [6, 6.07) is 9.52. The fraction of sp³-hybridized carbons (Fsp3) is 0.300. The molecule has 0 aliphatic carbocycles. The summed E-state index contributed by atoms with van der Waals surface area (Å²) in [7, 11) is 0. The first-order chi connectivity index (χ1) is 12.1. The Hall–Kier alpha value is -2.76. The number of anilines is 1. The van der Waals surface area contributed by atoms with E-state index in [2.05, 4.69) is 10.6 Å². The van der Waals surface area contributed by atoms with Crippen molar-refractivity contribution in [1.82, 2.24) is 5.32 Å². The van der Waals surface area contributed by atoms with Gasteiger partial charge in [0.15, 0.2) is 11.6 Å². The van der Waals surface area contributed by atoms with Gasteiger partial charge in [0.05, 0.1) is 6.04 Å². The van der Waals surface area contributed by atoms with Crippen molar-refractivity contribution in [2.75, 3.05) is 5.32 Å². The van der Waals surface area contributed by atoms with Gasteiger partial charge in [-0.3, -0.25) is 9.59 Å². The molecule has 0 radical (unpaired) electrons. The van der Waals surface area contributed by atoms with Crippen molar-refractivity contribution < 1.29 is 18.4 Å². The quantitative estimate of drug-likeness (QED) is 0.847. The molecule has 26 heavy (non-hydrogen) atoms. The molecule has 2 amide bonds. The maximum absolute atomic E-state index is 13.3. The number of halogens is 2. The normalized spacial score (nSPS) is 12.4. The van der Waals surface area contributed by atoms with E-state index in [-0.39, 0.29) is 11.8 Å². The van der Waals surface area contributed by atoms with Crippen LogP contribution in [0.4, 0.5) is 14.5 Å². The second kappa shape index (κ2) is 7.64. The molecule has 4 nitrogen and oxygen atoms in total. The largest absolute Gasteiger partial charge is 0.346 e. The van der Waals surface area contributed by atoms with Crippen LogP contribution in [0.15, 0.2) is 42.5 Å². The van der Waals surface area contributed by atoms with Gasteiger partial charge in [0.1, 0.15) is 0 Å². The van der Waals surface area contributed by atoms with Crippen LogP contribution in [0.2, 0.25) is 0 Å². The lowest BCUT2D eigenvalue weighted by molar-refractivity contribution is -0.123. The van der Waals surface area contributed by atoms with Crippen LogP contribution in [0.3, 0.4) is 0 Å². The Morgan fingerprint density at radius 1 is 1.00 bits per heavy atom. The van der Waals surface area contributed by atoms with E-state index in [1.165, 1.54) is 6.07 Å². The predicted octanol–water partition coefficient (Wildman–Crippen LogP) is 4.44. The van der Waals surface area contributed by atoms with Gasteiger partial charge in [0.25, 0.3) is 5.91 Å². The standard InChI is InChI=1S/C20H22F2N2O2/c1-12(13-8-9-16(21)17(22)11-13)23-18(25)14-6-5-7-15(10-14)24-19(26)20(2,3)4/h5-12H,1-4H3,(H,23,25)(H,24,26). The summed E-state index contributed by atoms with van der Waals surface area (Å²) < 4.78 is 26.4. The molecule has 0 heterocycles. The minimum Gasteiger partial charge on any atom is -0.346 e. The van der Waals surface area contributed by atoms with Crippen molar-refractivity contribution in [3.8, 4) is 0 Å². The fourth-order valence-electron chi connectivity index (χ4n) is 2.20. The minimum atomic E-state index is -0.963. The zero-order valence-corrected chi connectivity index (χ0v) is 15.2. The summed E-state index contributed by atoms with van der Waals surface area (Å²) in [5, 5.41) is 5.49. The molecule has 1 unspecified atom stereocenters. The van der Waals surface area contributed by atoms with Crippen molar-refractivity contribution in [3.63, 3.8) is 0 Å². The van der Waals surface area contributed by atoms with Gasteiger partial charge in [-0.1, -0.05) is 32.9 Å². The Morgan fingerprint density at radius 2 is 1.69 bits per heavy atom. The van der Waals surface area contributed by atoms with Crippen LogP contribution < -0.4 is 10.6 Å². The fourth-order valence-corrected chi connectivity index (χ4v) is 2.20. The van der Waals surface area contributed by atoms with Gasteiger partial charge in [-0.2, -0.15) is 0 Å². The SMILES string of the molecule is CC(NC(=O)c1cccc(NC(=O)C(C)(C)C)c1)c1ccc(F)c(F)c1. The summed E-state index contributed by atoms with van der Waals surface area (Å²) >= 11 is 0. The van der Waals surface area contributed by atoms with Gasteiger partial charge < -0.3 is 10.6 Å². The molecule has 0 bridgehead atoms. The van der Waals surface area contributed by atoms with E-state index in [0.717, 1.165) is 12.1 Å². The Balaban J connectivity index is 2.10. The van der Waals surface area contributed by atoms with E-state index in [4.69, 9.17) is 0 Å². The highest BCUT2D eigenvalue weighted by molar-refractivity contribution is 5.98. The molecule has 0 aliphatic heterocycles. The summed E-state index contributed by atoms with van der Waals surface area (Å²) in [6.45, 7) is 7.06. The number of hydrogen-bond acceptors (Lipinski definition) is 2. The molecule has 0 aromatic heterocycles. The van der Waals surface area contributed by atoms with Crippen LogP contribution in [0, 0.1) is 17.0 Å².